The van der Waals surface area contributed by atoms with E-state index in [2.05, 4.69) is 10.6 Å². The van der Waals surface area contributed by atoms with Crippen molar-refractivity contribution in [2.75, 3.05) is 11.9 Å². The number of hydrogen-bond donors (Lipinski definition) is 4. The van der Waals surface area contributed by atoms with Crippen LogP contribution in [-0.4, -0.2) is 35.7 Å². The third-order valence-electron chi connectivity index (χ3n) is 2.73. The van der Waals surface area contributed by atoms with Gasteiger partial charge in [0.05, 0.1) is 6.42 Å². The second-order valence-corrected chi connectivity index (χ2v) is 4.91. The molecular formula is C14H16F3N3O4. The zero-order valence-corrected chi connectivity index (χ0v) is 12.7. The SMILES string of the molecule is Cc1cc(CNC(=O)C(F)(F)F)cc(NC(=O)NCCC(=O)O)c1. The molecule has 0 spiro atoms. The first-order valence-corrected chi connectivity index (χ1v) is 6.80. The molecule has 0 unspecified atom stereocenters. The quantitative estimate of drug-likeness (QED) is 0.629. The molecule has 0 aromatic heterocycles. The Labute approximate surface area is 135 Å². The van der Waals surface area contributed by atoms with Crippen LogP contribution in [0.15, 0.2) is 18.2 Å². The first kappa shape index (κ1) is 19.3. The molecule has 1 rings (SSSR count). The average molecular weight is 347 g/mol. The Morgan fingerprint density at radius 2 is 1.79 bits per heavy atom. The van der Waals surface area contributed by atoms with Crippen LogP contribution in [-0.2, 0) is 16.1 Å². The number of nitrogens with one attached hydrogen (secondary N) is 3. The van der Waals surface area contributed by atoms with Crippen LogP contribution in [0.25, 0.3) is 0 Å². The third-order valence-corrected chi connectivity index (χ3v) is 2.73. The molecule has 0 fully saturated rings. The smallest absolute Gasteiger partial charge is 0.471 e. The van der Waals surface area contributed by atoms with E-state index in [0.29, 0.717) is 16.8 Å². The van der Waals surface area contributed by atoms with E-state index in [0.717, 1.165) is 0 Å². The van der Waals surface area contributed by atoms with Crippen molar-refractivity contribution in [1.82, 2.24) is 10.6 Å². The molecule has 0 aliphatic heterocycles. The Kier molecular flexibility index (Phi) is 6.57. The van der Waals surface area contributed by atoms with Crippen molar-refractivity contribution in [2.45, 2.75) is 26.1 Å². The van der Waals surface area contributed by atoms with Gasteiger partial charge in [0, 0.05) is 18.8 Å². The van der Waals surface area contributed by atoms with E-state index in [-0.39, 0.29) is 19.5 Å². The number of halogens is 3. The van der Waals surface area contributed by atoms with Crippen molar-refractivity contribution < 1.29 is 32.7 Å². The van der Waals surface area contributed by atoms with Gasteiger partial charge in [-0.2, -0.15) is 13.2 Å². The number of urea groups is 1. The zero-order chi connectivity index (χ0) is 18.3. The van der Waals surface area contributed by atoms with Crippen LogP contribution in [0.3, 0.4) is 0 Å². The highest BCUT2D eigenvalue weighted by Gasteiger charge is 2.38. The van der Waals surface area contributed by atoms with Gasteiger partial charge >= 0.3 is 24.1 Å². The molecule has 132 valence electrons. The maximum atomic E-state index is 12.1. The molecule has 10 heteroatoms. The maximum Gasteiger partial charge on any atom is 0.471 e. The Bertz CT molecular complexity index is 632. The Hall–Kier alpha value is -2.78. The largest absolute Gasteiger partial charge is 0.481 e. The van der Waals surface area contributed by atoms with E-state index in [4.69, 9.17) is 5.11 Å². The topological polar surface area (TPSA) is 108 Å². The summed E-state index contributed by atoms with van der Waals surface area (Å²) in [5, 5.41) is 15.0. The summed E-state index contributed by atoms with van der Waals surface area (Å²) in [6, 6.07) is 3.89. The van der Waals surface area contributed by atoms with Gasteiger partial charge in [-0.1, -0.05) is 6.07 Å². The molecule has 0 bridgehead atoms. The van der Waals surface area contributed by atoms with Crippen LogP contribution >= 0.6 is 0 Å². The maximum absolute atomic E-state index is 12.1. The minimum absolute atomic E-state index is 0.0680. The van der Waals surface area contributed by atoms with Gasteiger partial charge in [-0.05, 0) is 30.2 Å². The number of anilines is 1. The summed E-state index contributed by atoms with van der Waals surface area (Å²) in [4.78, 5) is 32.7. The fraction of sp³-hybridized carbons (Fsp3) is 0.357. The van der Waals surface area contributed by atoms with Gasteiger partial charge in [0.1, 0.15) is 0 Å². The fourth-order valence-electron chi connectivity index (χ4n) is 1.78. The summed E-state index contributed by atoms with van der Waals surface area (Å²) in [5.74, 6) is -3.11. The fourth-order valence-corrected chi connectivity index (χ4v) is 1.78. The van der Waals surface area contributed by atoms with Crippen molar-refractivity contribution in [3.05, 3.63) is 29.3 Å². The molecule has 0 aliphatic rings. The summed E-state index contributed by atoms with van der Waals surface area (Å²) in [5.41, 5.74) is 1.34. The Morgan fingerprint density at radius 3 is 2.38 bits per heavy atom. The Balaban J connectivity index is 2.64. The number of hydrogen-bond acceptors (Lipinski definition) is 3. The summed E-state index contributed by atoms with van der Waals surface area (Å²) < 4.78 is 36.4. The molecule has 24 heavy (non-hydrogen) atoms. The first-order chi connectivity index (χ1) is 11.1. The van der Waals surface area contributed by atoms with E-state index < -0.39 is 24.1 Å². The molecule has 4 N–H and O–H groups in total. The van der Waals surface area contributed by atoms with Gasteiger partial charge < -0.3 is 21.1 Å². The molecule has 7 nitrogen and oxygen atoms in total. The van der Waals surface area contributed by atoms with Crippen LogP contribution in [0.5, 0.6) is 0 Å². The number of carbonyl (C=O) groups is 3. The van der Waals surface area contributed by atoms with Crippen LogP contribution < -0.4 is 16.0 Å². The molecule has 0 saturated carbocycles. The van der Waals surface area contributed by atoms with Gasteiger partial charge in [0.2, 0.25) is 0 Å². The summed E-state index contributed by atoms with van der Waals surface area (Å²) in [7, 11) is 0. The standard InChI is InChI=1S/C14H16F3N3O4/c1-8-4-9(7-19-12(23)14(15,16)17)6-10(5-8)20-13(24)18-3-2-11(21)22/h4-6H,2-3,7H2,1H3,(H,19,23)(H,21,22)(H2,18,20,24). The predicted octanol–water partition coefficient (Wildman–Crippen LogP) is 1.77. The average Bonchev–Trinajstić information content (AvgIpc) is 2.42. The lowest BCUT2D eigenvalue weighted by atomic mass is 10.1. The van der Waals surface area contributed by atoms with Crippen LogP contribution in [0.4, 0.5) is 23.7 Å². The molecule has 1 aromatic carbocycles. The van der Waals surface area contributed by atoms with Gasteiger partial charge in [-0.15, -0.1) is 0 Å². The normalized spacial score (nSPS) is 10.8. The van der Waals surface area contributed by atoms with Crippen molar-refractivity contribution in [3.8, 4) is 0 Å². The number of amides is 3. The number of aryl methyl sites for hydroxylation is 1. The Morgan fingerprint density at radius 1 is 1.12 bits per heavy atom. The van der Waals surface area contributed by atoms with Gasteiger partial charge in [-0.3, -0.25) is 9.59 Å². The van der Waals surface area contributed by atoms with Crippen LogP contribution in [0.1, 0.15) is 17.5 Å². The van der Waals surface area contributed by atoms with Crippen molar-refractivity contribution >= 4 is 23.6 Å². The summed E-state index contributed by atoms with van der Waals surface area (Å²) in [6.07, 6.45) is -5.20. The number of alkyl halides is 3. The van der Waals surface area contributed by atoms with Crippen molar-refractivity contribution in [1.29, 1.82) is 0 Å². The second kappa shape index (κ2) is 8.18. The minimum Gasteiger partial charge on any atom is -0.481 e. The highest BCUT2D eigenvalue weighted by atomic mass is 19.4. The molecule has 0 saturated heterocycles. The lowest BCUT2D eigenvalue weighted by Gasteiger charge is -2.11. The molecule has 0 heterocycles. The van der Waals surface area contributed by atoms with E-state index in [1.807, 2.05) is 0 Å². The van der Waals surface area contributed by atoms with Gasteiger partial charge in [-0.25, -0.2) is 4.79 Å². The number of carboxylic acid groups (broad SMARTS) is 1. The van der Waals surface area contributed by atoms with E-state index in [1.54, 1.807) is 24.4 Å². The minimum atomic E-state index is -4.96. The lowest BCUT2D eigenvalue weighted by molar-refractivity contribution is -0.173. The van der Waals surface area contributed by atoms with E-state index in [9.17, 15) is 27.6 Å². The molecule has 0 atom stereocenters. The zero-order valence-electron chi connectivity index (χ0n) is 12.7. The predicted molar refractivity (Wildman–Crippen MR) is 78.4 cm³/mol. The number of benzene rings is 1. The van der Waals surface area contributed by atoms with Crippen molar-refractivity contribution in [2.24, 2.45) is 0 Å². The lowest BCUT2D eigenvalue weighted by Crippen LogP contribution is -2.36. The number of carboxylic acids is 1. The highest BCUT2D eigenvalue weighted by molar-refractivity contribution is 5.89. The molecule has 0 aliphatic carbocycles. The molecule has 3 amide bonds. The van der Waals surface area contributed by atoms with E-state index in [1.165, 1.54) is 6.07 Å². The first-order valence-electron chi connectivity index (χ1n) is 6.80. The molecular weight excluding hydrogens is 331 g/mol. The third kappa shape index (κ3) is 6.99. The highest BCUT2D eigenvalue weighted by Crippen LogP contribution is 2.17. The number of rotatable bonds is 6. The van der Waals surface area contributed by atoms with Crippen LogP contribution in [0, 0.1) is 6.92 Å². The van der Waals surface area contributed by atoms with Gasteiger partial charge in [0.25, 0.3) is 0 Å². The molecule has 1 aromatic rings. The monoisotopic (exact) mass is 347 g/mol. The number of carbonyl (C=O) groups excluding carboxylic acids is 2. The summed E-state index contributed by atoms with van der Waals surface area (Å²) >= 11 is 0. The number of aliphatic carboxylic acids is 1. The van der Waals surface area contributed by atoms with Crippen molar-refractivity contribution in [3.63, 3.8) is 0 Å². The van der Waals surface area contributed by atoms with Gasteiger partial charge in [0.15, 0.2) is 0 Å². The second-order valence-electron chi connectivity index (χ2n) is 4.91. The van der Waals surface area contributed by atoms with Crippen LogP contribution in [0.2, 0.25) is 0 Å². The summed E-state index contributed by atoms with van der Waals surface area (Å²) in [6.45, 7) is 1.25. The van der Waals surface area contributed by atoms with E-state index >= 15 is 0 Å². The molecule has 0 radical (unpaired) electrons.